The van der Waals surface area contributed by atoms with Crippen LogP contribution in [0.5, 0.6) is 5.75 Å². The Morgan fingerprint density at radius 2 is 1.64 bits per heavy atom. The van der Waals surface area contributed by atoms with Crippen LogP contribution in [0.4, 0.5) is 10.1 Å². The van der Waals surface area contributed by atoms with Crippen LogP contribution in [0.2, 0.25) is 0 Å². The fourth-order valence-electron chi connectivity index (χ4n) is 4.59. The lowest BCUT2D eigenvalue weighted by Gasteiger charge is -2.32. The monoisotopic (exact) mass is 442 g/mol. The second-order valence-corrected chi connectivity index (χ2v) is 8.13. The summed E-state index contributed by atoms with van der Waals surface area (Å²) < 4.78 is 18.9. The number of hydrogen-bond acceptors (Lipinski definition) is 4. The third-order valence-corrected chi connectivity index (χ3v) is 6.15. The number of anilines is 1. The number of ether oxygens (including phenoxy) is 1. The lowest BCUT2D eigenvalue weighted by molar-refractivity contribution is -0.137. The molecule has 0 fully saturated rings. The highest BCUT2D eigenvalue weighted by Crippen LogP contribution is 2.40. The summed E-state index contributed by atoms with van der Waals surface area (Å²) in [4.78, 5) is 30.7. The van der Waals surface area contributed by atoms with E-state index in [9.17, 15) is 14.0 Å². The van der Waals surface area contributed by atoms with Crippen molar-refractivity contribution in [1.82, 2.24) is 4.90 Å². The lowest BCUT2D eigenvalue weighted by Crippen LogP contribution is -2.36. The number of nitrogens with zero attached hydrogens (tertiary/aromatic N) is 2. The van der Waals surface area contributed by atoms with Gasteiger partial charge < -0.3 is 9.64 Å². The first kappa shape index (κ1) is 20.9. The van der Waals surface area contributed by atoms with Gasteiger partial charge in [-0.2, -0.15) is 0 Å². The molecule has 6 heteroatoms. The average molecular weight is 442 g/mol. The molecule has 2 aliphatic rings. The van der Waals surface area contributed by atoms with Crippen LogP contribution in [0.1, 0.15) is 23.1 Å². The summed E-state index contributed by atoms with van der Waals surface area (Å²) in [5.74, 6) is -0.579. The van der Waals surface area contributed by atoms with E-state index < -0.39 is 0 Å². The van der Waals surface area contributed by atoms with Gasteiger partial charge in [-0.1, -0.05) is 48.5 Å². The number of benzene rings is 3. The van der Waals surface area contributed by atoms with Crippen molar-refractivity contribution in [2.24, 2.45) is 0 Å². The smallest absolute Gasteiger partial charge is 0.278 e. The molecule has 2 heterocycles. The van der Waals surface area contributed by atoms with Crippen molar-refractivity contribution >= 4 is 23.1 Å². The third kappa shape index (κ3) is 3.67. The molecule has 33 heavy (non-hydrogen) atoms. The molecule has 0 spiro atoms. The van der Waals surface area contributed by atoms with Crippen molar-refractivity contribution in [1.29, 1.82) is 0 Å². The zero-order chi connectivity index (χ0) is 22.9. The Morgan fingerprint density at radius 1 is 0.909 bits per heavy atom. The summed E-state index contributed by atoms with van der Waals surface area (Å²) in [6, 6.07) is 21.1. The van der Waals surface area contributed by atoms with Crippen LogP contribution >= 0.6 is 0 Å². The predicted molar refractivity (Wildman–Crippen MR) is 124 cm³/mol. The molecule has 0 unspecified atom stereocenters. The van der Waals surface area contributed by atoms with Crippen LogP contribution < -0.4 is 9.64 Å². The van der Waals surface area contributed by atoms with Crippen molar-refractivity contribution in [2.45, 2.75) is 19.4 Å². The molecule has 0 radical (unpaired) electrons. The van der Waals surface area contributed by atoms with Gasteiger partial charge in [0.1, 0.15) is 17.3 Å². The normalized spacial score (nSPS) is 15.8. The summed E-state index contributed by atoms with van der Waals surface area (Å²) in [6.45, 7) is 0.698. The number of amides is 2. The standard InChI is InChI=1S/C27H23FN2O3/c1-33-23-11-5-3-9-21(23)24-25(29-16-6-8-19-7-2-4-10-22(19)29)27(32)30(26(24)31)17-18-12-14-20(28)15-13-18/h2-5,7,9-15H,6,8,16-17H2,1H3. The molecule has 3 aromatic carbocycles. The molecule has 0 bridgehead atoms. The van der Waals surface area contributed by atoms with Crippen molar-refractivity contribution in [2.75, 3.05) is 18.6 Å². The summed E-state index contributed by atoms with van der Waals surface area (Å²) in [6.07, 6.45) is 1.80. The molecule has 166 valence electrons. The Kier molecular flexibility index (Phi) is 5.42. The molecule has 5 nitrogen and oxygen atoms in total. The van der Waals surface area contributed by atoms with Gasteiger partial charge in [0.15, 0.2) is 0 Å². The SMILES string of the molecule is COc1ccccc1C1=C(N2CCCc3ccccc32)C(=O)N(Cc2ccc(F)cc2)C1=O. The summed E-state index contributed by atoms with van der Waals surface area (Å²) in [5.41, 5.74) is 4.04. The van der Waals surface area contributed by atoms with E-state index in [1.54, 1.807) is 31.4 Å². The number of rotatable bonds is 5. The van der Waals surface area contributed by atoms with Crippen molar-refractivity contribution < 1.29 is 18.7 Å². The van der Waals surface area contributed by atoms with Gasteiger partial charge in [0.05, 0.1) is 19.2 Å². The maximum Gasteiger partial charge on any atom is 0.278 e. The van der Waals surface area contributed by atoms with E-state index in [0.29, 0.717) is 34.7 Å². The molecular formula is C27H23FN2O3. The van der Waals surface area contributed by atoms with Crippen LogP contribution in [0.15, 0.2) is 78.5 Å². The molecule has 0 atom stereocenters. The maximum absolute atomic E-state index is 13.8. The van der Waals surface area contributed by atoms with Crippen LogP contribution in [0.3, 0.4) is 0 Å². The minimum Gasteiger partial charge on any atom is -0.496 e. The summed E-state index contributed by atoms with van der Waals surface area (Å²) >= 11 is 0. The number of fused-ring (bicyclic) bond motifs is 1. The maximum atomic E-state index is 13.8. The molecular weight excluding hydrogens is 419 g/mol. The van der Waals surface area contributed by atoms with Gasteiger partial charge in [-0.05, 0) is 48.2 Å². The van der Waals surface area contributed by atoms with E-state index in [4.69, 9.17) is 4.74 Å². The second kappa shape index (κ2) is 8.54. The van der Waals surface area contributed by atoms with Crippen molar-refractivity contribution in [3.05, 3.63) is 101 Å². The van der Waals surface area contributed by atoms with E-state index in [-0.39, 0.29) is 24.2 Å². The zero-order valence-electron chi connectivity index (χ0n) is 18.3. The Balaban J connectivity index is 1.65. The minimum atomic E-state index is -0.383. The molecule has 0 N–H and O–H groups in total. The minimum absolute atomic E-state index is 0.0651. The highest BCUT2D eigenvalue weighted by molar-refractivity contribution is 6.37. The summed E-state index contributed by atoms with van der Waals surface area (Å²) in [7, 11) is 1.55. The molecule has 0 saturated carbocycles. The number of methoxy groups -OCH3 is 1. The van der Waals surface area contributed by atoms with Crippen LogP contribution in [-0.2, 0) is 22.6 Å². The molecule has 2 amide bonds. The first-order valence-corrected chi connectivity index (χ1v) is 10.9. The fourth-order valence-corrected chi connectivity index (χ4v) is 4.59. The van der Waals surface area contributed by atoms with Gasteiger partial charge in [-0.15, -0.1) is 0 Å². The number of hydrogen-bond donors (Lipinski definition) is 0. The van der Waals surface area contributed by atoms with E-state index in [1.807, 2.05) is 35.2 Å². The number of aryl methyl sites for hydroxylation is 1. The molecule has 0 saturated heterocycles. The Bertz CT molecular complexity index is 1270. The number of carbonyl (C=O) groups excluding carboxylic acids is 2. The number of halogens is 1. The van der Waals surface area contributed by atoms with E-state index in [0.717, 1.165) is 24.1 Å². The van der Waals surface area contributed by atoms with Crippen LogP contribution in [0.25, 0.3) is 5.57 Å². The van der Waals surface area contributed by atoms with Crippen LogP contribution in [-0.4, -0.2) is 30.4 Å². The van der Waals surface area contributed by atoms with Gasteiger partial charge in [0.2, 0.25) is 0 Å². The lowest BCUT2D eigenvalue weighted by atomic mass is 9.98. The Labute approximate surface area is 191 Å². The van der Waals surface area contributed by atoms with Gasteiger partial charge in [-0.25, -0.2) is 4.39 Å². The van der Waals surface area contributed by atoms with Crippen molar-refractivity contribution in [3.8, 4) is 5.75 Å². The number of para-hydroxylation sites is 2. The highest BCUT2D eigenvalue weighted by atomic mass is 19.1. The van der Waals surface area contributed by atoms with Gasteiger partial charge >= 0.3 is 0 Å². The molecule has 5 rings (SSSR count). The largest absolute Gasteiger partial charge is 0.496 e. The van der Waals surface area contributed by atoms with Crippen molar-refractivity contribution in [3.63, 3.8) is 0 Å². The molecule has 3 aromatic rings. The first-order valence-electron chi connectivity index (χ1n) is 10.9. The number of carbonyl (C=O) groups is 2. The Morgan fingerprint density at radius 3 is 2.42 bits per heavy atom. The highest BCUT2D eigenvalue weighted by Gasteiger charge is 2.43. The van der Waals surface area contributed by atoms with Crippen LogP contribution in [0, 0.1) is 5.82 Å². The average Bonchev–Trinajstić information content (AvgIpc) is 3.09. The van der Waals surface area contributed by atoms with E-state index in [1.165, 1.54) is 17.0 Å². The quantitative estimate of drug-likeness (QED) is 0.544. The molecule has 0 aliphatic carbocycles. The number of imide groups is 1. The molecule has 2 aliphatic heterocycles. The zero-order valence-corrected chi connectivity index (χ0v) is 18.3. The fraction of sp³-hybridized carbons (Fsp3) is 0.185. The van der Waals surface area contributed by atoms with Gasteiger partial charge in [0, 0.05) is 17.8 Å². The van der Waals surface area contributed by atoms with E-state index >= 15 is 0 Å². The third-order valence-electron chi connectivity index (χ3n) is 6.15. The van der Waals surface area contributed by atoms with E-state index in [2.05, 4.69) is 6.07 Å². The topological polar surface area (TPSA) is 49.9 Å². The van der Waals surface area contributed by atoms with Gasteiger partial charge in [-0.3, -0.25) is 14.5 Å². The Hall–Kier alpha value is -3.93. The first-order chi connectivity index (χ1) is 16.1. The molecule has 0 aromatic heterocycles. The van der Waals surface area contributed by atoms with Gasteiger partial charge in [0.25, 0.3) is 11.8 Å². The summed E-state index contributed by atoms with van der Waals surface area (Å²) in [5, 5.41) is 0. The second-order valence-electron chi connectivity index (χ2n) is 8.13. The predicted octanol–water partition coefficient (Wildman–Crippen LogP) is 4.57.